The Hall–Kier alpha value is -1.59. The number of aromatic nitrogens is 1. The highest BCUT2D eigenvalue weighted by molar-refractivity contribution is 7.09. The Morgan fingerprint density at radius 2 is 1.90 bits per heavy atom. The molecule has 0 amide bonds. The Morgan fingerprint density at radius 3 is 2.57 bits per heavy atom. The van der Waals surface area contributed by atoms with E-state index in [0.717, 1.165) is 35.3 Å². The largest absolute Gasteiger partial charge is 0.497 e. The van der Waals surface area contributed by atoms with Gasteiger partial charge in [-0.25, -0.2) is 4.98 Å². The van der Waals surface area contributed by atoms with Gasteiger partial charge in [-0.1, -0.05) is 13.8 Å². The molecule has 2 rings (SSSR count). The second-order valence-electron chi connectivity index (χ2n) is 5.22. The lowest BCUT2D eigenvalue weighted by atomic mass is 10.2. The summed E-state index contributed by atoms with van der Waals surface area (Å²) >= 11 is 1.63. The van der Waals surface area contributed by atoms with Gasteiger partial charge in [0, 0.05) is 11.9 Å². The molecule has 1 aromatic heterocycles. The molecule has 0 radical (unpaired) electrons. The monoisotopic (exact) mass is 306 g/mol. The van der Waals surface area contributed by atoms with Crippen LogP contribution in [-0.4, -0.2) is 18.6 Å². The molecule has 21 heavy (non-hydrogen) atoms. The van der Waals surface area contributed by atoms with E-state index >= 15 is 0 Å². The smallest absolute Gasteiger partial charge is 0.140 e. The highest BCUT2D eigenvalue weighted by Gasteiger charge is 2.04. The van der Waals surface area contributed by atoms with Gasteiger partial charge < -0.3 is 14.8 Å². The molecule has 114 valence electrons. The number of methoxy groups -OCH3 is 1. The third kappa shape index (κ3) is 5.36. The van der Waals surface area contributed by atoms with Gasteiger partial charge >= 0.3 is 0 Å². The number of nitrogens with zero attached hydrogens (tertiary/aromatic N) is 1. The predicted molar refractivity (Wildman–Crippen MR) is 86.0 cm³/mol. The summed E-state index contributed by atoms with van der Waals surface area (Å²) in [6, 6.07) is 7.58. The molecule has 2 aromatic rings. The fraction of sp³-hybridized carbons (Fsp3) is 0.438. The molecule has 0 saturated carbocycles. The number of hydrogen-bond donors (Lipinski definition) is 1. The van der Waals surface area contributed by atoms with Crippen molar-refractivity contribution in [3.63, 3.8) is 0 Å². The zero-order chi connectivity index (χ0) is 15.1. The summed E-state index contributed by atoms with van der Waals surface area (Å²) in [4.78, 5) is 4.56. The number of hydrogen-bond acceptors (Lipinski definition) is 5. The van der Waals surface area contributed by atoms with E-state index in [4.69, 9.17) is 9.47 Å². The molecular formula is C16H22N2O2S. The Labute approximate surface area is 130 Å². The number of rotatable bonds is 8. The highest BCUT2D eigenvalue weighted by atomic mass is 32.1. The summed E-state index contributed by atoms with van der Waals surface area (Å²) in [7, 11) is 1.65. The topological polar surface area (TPSA) is 43.4 Å². The zero-order valence-corrected chi connectivity index (χ0v) is 13.6. The number of ether oxygens (including phenoxy) is 2. The fourth-order valence-electron chi connectivity index (χ4n) is 1.80. The normalized spacial score (nSPS) is 10.9. The van der Waals surface area contributed by atoms with Crippen molar-refractivity contribution in [2.24, 2.45) is 5.92 Å². The predicted octanol–water partition coefficient (Wildman–Crippen LogP) is 3.48. The first-order chi connectivity index (χ1) is 10.2. The molecule has 0 fully saturated rings. The molecule has 0 unspecified atom stereocenters. The third-order valence-electron chi connectivity index (χ3n) is 2.88. The molecular weight excluding hydrogens is 284 g/mol. The van der Waals surface area contributed by atoms with E-state index in [9.17, 15) is 0 Å². The van der Waals surface area contributed by atoms with Crippen LogP contribution in [0.5, 0.6) is 11.5 Å². The van der Waals surface area contributed by atoms with Crippen LogP contribution in [0.25, 0.3) is 0 Å². The molecule has 1 N–H and O–H groups in total. The highest BCUT2D eigenvalue weighted by Crippen LogP contribution is 2.19. The average molecular weight is 306 g/mol. The summed E-state index contributed by atoms with van der Waals surface area (Å²) < 4.78 is 10.8. The van der Waals surface area contributed by atoms with Crippen LogP contribution in [0.1, 0.15) is 24.5 Å². The maximum atomic E-state index is 5.72. The van der Waals surface area contributed by atoms with Crippen molar-refractivity contribution in [1.82, 2.24) is 10.3 Å². The molecule has 1 heterocycles. The lowest BCUT2D eigenvalue weighted by molar-refractivity contribution is 0.304. The van der Waals surface area contributed by atoms with Gasteiger partial charge in [-0.3, -0.25) is 0 Å². The van der Waals surface area contributed by atoms with E-state index in [0.29, 0.717) is 12.5 Å². The van der Waals surface area contributed by atoms with Gasteiger partial charge in [0.25, 0.3) is 0 Å². The van der Waals surface area contributed by atoms with Crippen molar-refractivity contribution < 1.29 is 9.47 Å². The maximum absolute atomic E-state index is 5.72. The molecule has 0 aliphatic heterocycles. The molecule has 0 spiro atoms. The summed E-state index contributed by atoms with van der Waals surface area (Å²) in [6.07, 6.45) is 0. The molecule has 4 nitrogen and oxygen atoms in total. The minimum absolute atomic E-state index is 0.501. The first kappa shape index (κ1) is 15.8. The van der Waals surface area contributed by atoms with Crippen molar-refractivity contribution in [2.45, 2.75) is 27.0 Å². The molecule has 0 saturated heterocycles. The van der Waals surface area contributed by atoms with Gasteiger partial charge in [0.2, 0.25) is 0 Å². The average Bonchev–Trinajstić information content (AvgIpc) is 2.93. The van der Waals surface area contributed by atoms with Crippen LogP contribution in [0, 0.1) is 5.92 Å². The Morgan fingerprint density at radius 1 is 1.19 bits per heavy atom. The first-order valence-electron chi connectivity index (χ1n) is 7.08. The van der Waals surface area contributed by atoms with E-state index in [1.54, 1.807) is 18.4 Å². The van der Waals surface area contributed by atoms with E-state index < -0.39 is 0 Å². The van der Waals surface area contributed by atoms with E-state index in [-0.39, 0.29) is 0 Å². The minimum Gasteiger partial charge on any atom is -0.497 e. The molecule has 0 aliphatic rings. The van der Waals surface area contributed by atoms with Crippen molar-refractivity contribution in [3.8, 4) is 11.5 Å². The Kier molecular flexibility index (Phi) is 6.02. The maximum Gasteiger partial charge on any atom is 0.140 e. The lowest BCUT2D eigenvalue weighted by Gasteiger charge is -2.05. The second-order valence-corrected chi connectivity index (χ2v) is 6.16. The van der Waals surface area contributed by atoms with E-state index in [2.05, 4.69) is 29.5 Å². The summed E-state index contributed by atoms with van der Waals surface area (Å²) in [5.74, 6) is 2.31. The molecule has 0 bridgehead atoms. The summed E-state index contributed by atoms with van der Waals surface area (Å²) in [6.45, 7) is 6.72. The van der Waals surface area contributed by atoms with Gasteiger partial charge in [0.05, 0.1) is 12.8 Å². The van der Waals surface area contributed by atoms with Crippen molar-refractivity contribution >= 4 is 11.3 Å². The van der Waals surface area contributed by atoms with Gasteiger partial charge in [-0.2, -0.15) is 0 Å². The van der Waals surface area contributed by atoms with Crippen LogP contribution >= 0.6 is 11.3 Å². The summed E-state index contributed by atoms with van der Waals surface area (Å²) in [5.41, 5.74) is 1.08. The number of benzene rings is 1. The Bertz CT molecular complexity index is 537. The van der Waals surface area contributed by atoms with Crippen LogP contribution in [0.3, 0.4) is 0 Å². The van der Waals surface area contributed by atoms with Crippen LogP contribution in [0.2, 0.25) is 0 Å². The van der Waals surface area contributed by atoms with Crippen molar-refractivity contribution in [3.05, 3.63) is 40.3 Å². The lowest BCUT2D eigenvalue weighted by Crippen LogP contribution is -2.19. The van der Waals surface area contributed by atoms with Gasteiger partial charge in [0.1, 0.15) is 23.1 Å². The molecule has 1 aromatic carbocycles. The van der Waals surface area contributed by atoms with E-state index in [1.807, 2.05) is 24.3 Å². The zero-order valence-electron chi connectivity index (χ0n) is 12.8. The molecule has 5 heteroatoms. The van der Waals surface area contributed by atoms with Crippen molar-refractivity contribution in [2.75, 3.05) is 13.7 Å². The van der Waals surface area contributed by atoms with Gasteiger partial charge in [0.15, 0.2) is 0 Å². The fourth-order valence-corrected chi connectivity index (χ4v) is 2.51. The van der Waals surface area contributed by atoms with Gasteiger partial charge in [-0.15, -0.1) is 11.3 Å². The second kappa shape index (κ2) is 8.00. The van der Waals surface area contributed by atoms with E-state index in [1.165, 1.54) is 0 Å². The van der Waals surface area contributed by atoms with Crippen LogP contribution in [0.15, 0.2) is 29.6 Å². The van der Waals surface area contributed by atoms with Gasteiger partial charge in [-0.05, 0) is 36.7 Å². The minimum atomic E-state index is 0.501. The SMILES string of the molecule is COc1ccc(OCc2nc(CNCC(C)C)cs2)cc1. The van der Waals surface area contributed by atoms with Crippen LogP contribution in [-0.2, 0) is 13.2 Å². The van der Waals surface area contributed by atoms with Crippen LogP contribution in [0.4, 0.5) is 0 Å². The quantitative estimate of drug-likeness (QED) is 0.811. The third-order valence-corrected chi connectivity index (χ3v) is 3.75. The number of nitrogens with one attached hydrogen (secondary N) is 1. The number of thiazole rings is 1. The standard InChI is InChI=1S/C16H22N2O2S/c1-12(2)8-17-9-13-11-21-16(18-13)10-20-15-6-4-14(19-3)5-7-15/h4-7,11-12,17H,8-10H2,1-3H3. The van der Waals surface area contributed by atoms with Crippen LogP contribution < -0.4 is 14.8 Å². The molecule has 0 atom stereocenters. The molecule has 0 aliphatic carbocycles. The first-order valence-corrected chi connectivity index (χ1v) is 7.96. The summed E-state index contributed by atoms with van der Waals surface area (Å²) in [5, 5.41) is 6.47. The Balaban J connectivity index is 1.79. The van der Waals surface area contributed by atoms with Crippen molar-refractivity contribution in [1.29, 1.82) is 0 Å².